The monoisotopic (exact) mass is 329 g/mol. The predicted octanol–water partition coefficient (Wildman–Crippen LogP) is 4.29. The summed E-state index contributed by atoms with van der Waals surface area (Å²) in [5.74, 6) is -0.309. The SMILES string of the molecule is COc1cc(NCC(O)c2cc(Cl)ccc2Cl)ccc1F. The second-order valence-electron chi connectivity index (χ2n) is 4.41. The second-order valence-corrected chi connectivity index (χ2v) is 5.26. The fourth-order valence-corrected chi connectivity index (χ4v) is 2.29. The van der Waals surface area contributed by atoms with Crippen LogP contribution in [0, 0.1) is 5.82 Å². The molecule has 3 nitrogen and oxygen atoms in total. The quantitative estimate of drug-likeness (QED) is 0.859. The molecule has 2 aromatic carbocycles. The van der Waals surface area contributed by atoms with E-state index in [0.717, 1.165) is 0 Å². The normalized spacial score (nSPS) is 12.0. The van der Waals surface area contributed by atoms with Crippen LogP contribution in [0.3, 0.4) is 0 Å². The number of aliphatic hydroxyl groups excluding tert-OH is 1. The molecule has 0 aromatic heterocycles. The minimum Gasteiger partial charge on any atom is -0.494 e. The molecule has 21 heavy (non-hydrogen) atoms. The maximum atomic E-state index is 13.3. The van der Waals surface area contributed by atoms with Gasteiger partial charge in [-0.25, -0.2) is 4.39 Å². The Hall–Kier alpha value is -1.49. The number of halogens is 3. The molecule has 1 unspecified atom stereocenters. The molecule has 0 amide bonds. The lowest BCUT2D eigenvalue weighted by Crippen LogP contribution is -2.12. The first-order valence-electron chi connectivity index (χ1n) is 6.21. The van der Waals surface area contributed by atoms with Crippen LogP contribution in [0.4, 0.5) is 10.1 Å². The molecule has 0 aliphatic carbocycles. The summed E-state index contributed by atoms with van der Waals surface area (Å²) in [6.07, 6.45) is -0.841. The van der Waals surface area contributed by atoms with Gasteiger partial charge in [-0.15, -0.1) is 0 Å². The lowest BCUT2D eigenvalue weighted by Gasteiger charge is -2.15. The molecule has 0 fully saturated rings. The molecular weight excluding hydrogens is 316 g/mol. The van der Waals surface area contributed by atoms with E-state index in [-0.39, 0.29) is 12.3 Å². The summed E-state index contributed by atoms with van der Waals surface area (Å²) in [6, 6.07) is 9.26. The van der Waals surface area contributed by atoms with Gasteiger partial charge in [-0.3, -0.25) is 0 Å². The molecule has 1 atom stereocenters. The van der Waals surface area contributed by atoms with Crippen LogP contribution in [0.2, 0.25) is 10.0 Å². The van der Waals surface area contributed by atoms with Gasteiger partial charge >= 0.3 is 0 Å². The van der Waals surface area contributed by atoms with E-state index < -0.39 is 11.9 Å². The van der Waals surface area contributed by atoms with Crippen molar-refractivity contribution < 1.29 is 14.2 Å². The molecule has 0 radical (unpaired) electrons. The fraction of sp³-hybridized carbons (Fsp3) is 0.200. The molecule has 2 rings (SSSR count). The zero-order valence-electron chi connectivity index (χ0n) is 11.2. The molecule has 0 spiro atoms. The van der Waals surface area contributed by atoms with Gasteiger partial charge in [0.15, 0.2) is 11.6 Å². The van der Waals surface area contributed by atoms with Gasteiger partial charge in [0.2, 0.25) is 0 Å². The molecule has 0 saturated heterocycles. The predicted molar refractivity (Wildman–Crippen MR) is 82.9 cm³/mol. The van der Waals surface area contributed by atoms with Crippen molar-refractivity contribution in [2.24, 2.45) is 0 Å². The maximum absolute atomic E-state index is 13.3. The van der Waals surface area contributed by atoms with Crippen molar-refractivity contribution in [1.82, 2.24) is 0 Å². The number of anilines is 1. The van der Waals surface area contributed by atoms with Gasteiger partial charge in [-0.05, 0) is 30.3 Å². The van der Waals surface area contributed by atoms with E-state index in [2.05, 4.69) is 5.32 Å². The van der Waals surface area contributed by atoms with Crippen LogP contribution in [0.5, 0.6) is 5.75 Å². The van der Waals surface area contributed by atoms with Crippen molar-refractivity contribution in [2.75, 3.05) is 19.0 Å². The van der Waals surface area contributed by atoms with Crippen LogP contribution in [0.25, 0.3) is 0 Å². The lowest BCUT2D eigenvalue weighted by atomic mass is 10.1. The second kappa shape index (κ2) is 6.98. The number of nitrogens with one attached hydrogen (secondary N) is 1. The Bertz CT molecular complexity index is 637. The zero-order chi connectivity index (χ0) is 15.4. The maximum Gasteiger partial charge on any atom is 0.165 e. The molecule has 0 aliphatic rings. The molecule has 0 bridgehead atoms. The summed E-state index contributed by atoms with van der Waals surface area (Å²) in [7, 11) is 1.39. The van der Waals surface area contributed by atoms with E-state index in [0.29, 0.717) is 21.3 Å². The van der Waals surface area contributed by atoms with E-state index in [9.17, 15) is 9.50 Å². The molecule has 112 valence electrons. The highest BCUT2D eigenvalue weighted by Crippen LogP contribution is 2.27. The number of methoxy groups -OCH3 is 1. The average molecular weight is 330 g/mol. The molecule has 0 saturated carbocycles. The highest BCUT2D eigenvalue weighted by molar-refractivity contribution is 6.33. The van der Waals surface area contributed by atoms with E-state index in [1.807, 2.05) is 0 Å². The third-order valence-electron chi connectivity index (χ3n) is 2.97. The van der Waals surface area contributed by atoms with Crippen molar-refractivity contribution in [2.45, 2.75) is 6.10 Å². The first-order valence-corrected chi connectivity index (χ1v) is 6.97. The molecule has 0 heterocycles. The largest absolute Gasteiger partial charge is 0.494 e. The van der Waals surface area contributed by atoms with Crippen LogP contribution in [-0.4, -0.2) is 18.8 Å². The summed E-state index contributed by atoms with van der Waals surface area (Å²) >= 11 is 11.9. The van der Waals surface area contributed by atoms with Crippen LogP contribution >= 0.6 is 23.2 Å². The summed E-state index contributed by atoms with van der Waals surface area (Å²) < 4.78 is 18.2. The van der Waals surface area contributed by atoms with Gasteiger partial charge in [-0.2, -0.15) is 0 Å². The summed E-state index contributed by atoms with van der Waals surface area (Å²) in [6.45, 7) is 0.203. The highest BCUT2D eigenvalue weighted by Gasteiger charge is 2.12. The molecule has 2 aromatic rings. The molecular formula is C15H14Cl2FNO2. The number of hydrogen-bond acceptors (Lipinski definition) is 3. The first-order chi connectivity index (χ1) is 10.0. The minimum atomic E-state index is -0.841. The van der Waals surface area contributed by atoms with Gasteiger partial charge in [-0.1, -0.05) is 23.2 Å². The highest BCUT2D eigenvalue weighted by atomic mass is 35.5. The Morgan fingerprint density at radius 3 is 2.71 bits per heavy atom. The summed E-state index contributed by atoms with van der Waals surface area (Å²) in [5.41, 5.74) is 1.16. The average Bonchev–Trinajstić information content (AvgIpc) is 2.48. The number of hydrogen-bond donors (Lipinski definition) is 2. The van der Waals surface area contributed by atoms with Gasteiger partial charge in [0.25, 0.3) is 0 Å². The standard InChI is InChI=1S/C15H14Cl2FNO2/c1-21-15-7-10(3-5-13(15)18)19-8-14(20)11-6-9(16)2-4-12(11)17/h2-7,14,19-20H,8H2,1H3. The van der Waals surface area contributed by atoms with Crippen molar-refractivity contribution in [3.8, 4) is 5.75 Å². The number of benzene rings is 2. The van der Waals surface area contributed by atoms with Gasteiger partial charge in [0.1, 0.15) is 0 Å². The van der Waals surface area contributed by atoms with E-state index in [1.54, 1.807) is 24.3 Å². The van der Waals surface area contributed by atoms with Crippen LogP contribution in [0.1, 0.15) is 11.7 Å². The van der Waals surface area contributed by atoms with Crippen LogP contribution in [-0.2, 0) is 0 Å². The van der Waals surface area contributed by atoms with Crippen LogP contribution in [0.15, 0.2) is 36.4 Å². The summed E-state index contributed by atoms with van der Waals surface area (Å²) in [4.78, 5) is 0. The Labute approximate surface area is 132 Å². The Kier molecular flexibility index (Phi) is 5.28. The van der Waals surface area contributed by atoms with Gasteiger partial charge in [0.05, 0.1) is 13.2 Å². The first kappa shape index (κ1) is 15.9. The van der Waals surface area contributed by atoms with Gasteiger partial charge < -0.3 is 15.2 Å². The molecule has 0 aliphatic heterocycles. The third kappa shape index (κ3) is 4.00. The Morgan fingerprint density at radius 2 is 2.00 bits per heavy atom. The van der Waals surface area contributed by atoms with E-state index >= 15 is 0 Å². The number of aliphatic hydroxyl groups is 1. The smallest absolute Gasteiger partial charge is 0.165 e. The van der Waals surface area contributed by atoms with E-state index in [4.69, 9.17) is 27.9 Å². The Morgan fingerprint density at radius 1 is 1.24 bits per heavy atom. The summed E-state index contributed by atoms with van der Waals surface area (Å²) in [5, 5.41) is 14.1. The third-order valence-corrected chi connectivity index (χ3v) is 3.55. The van der Waals surface area contributed by atoms with Crippen molar-refractivity contribution in [1.29, 1.82) is 0 Å². The van der Waals surface area contributed by atoms with Crippen molar-refractivity contribution >= 4 is 28.9 Å². The van der Waals surface area contributed by atoms with Crippen molar-refractivity contribution in [3.63, 3.8) is 0 Å². The zero-order valence-corrected chi connectivity index (χ0v) is 12.7. The van der Waals surface area contributed by atoms with E-state index in [1.165, 1.54) is 19.2 Å². The number of ether oxygens (including phenoxy) is 1. The molecule has 6 heteroatoms. The Balaban J connectivity index is 2.07. The fourth-order valence-electron chi connectivity index (χ4n) is 1.86. The topological polar surface area (TPSA) is 41.5 Å². The lowest BCUT2D eigenvalue weighted by molar-refractivity contribution is 0.191. The van der Waals surface area contributed by atoms with Crippen molar-refractivity contribution in [3.05, 3.63) is 57.8 Å². The van der Waals surface area contributed by atoms with Gasteiger partial charge in [0, 0.05) is 33.9 Å². The van der Waals surface area contributed by atoms with Crippen LogP contribution < -0.4 is 10.1 Å². The number of rotatable bonds is 5. The molecule has 2 N–H and O–H groups in total. The minimum absolute atomic E-state index is 0.135.